The molecule has 0 N–H and O–H groups in total. The van der Waals surface area contributed by atoms with Crippen LogP contribution in [0.2, 0.25) is 5.02 Å². The number of rotatable bonds is 2. The molecule has 1 aromatic rings. The van der Waals surface area contributed by atoms with Crippen LogP contribution in [0.1, 0.15) is 24.5 Å². The predicted molar refractivity (Wildman–Crippen MR) is 75.7 cm³/mol. The zero-order chi connectivity index (χ0) is 13.9. The van der Waals surface area contributed by atoms with E-state index in [1.165, 1.54) is 0 Å². The first-order chi connectivity index (χ1) is 9.74. The van der Waals surface area contributed by atoms with E-state index in [1.54, 1.807) is 0 Å². The molecule has 2 fully saturated rings. The number of carbonyl (C=O) groups is 1. The quantitative estimate of drug-likeness (QED) is 0.841. The minimum Gasteiger partial charge on any atom is -0.370 e. The van der Waals surface area contributed by atoms with Crippen molar-refractivity contribution in [3.8, 4) is 0 Å². The zero-order valence-electron chi connectivity index (χ0n) is 11.3. The fourth-order valence-electron chi connectivity index (χ4n) is 2.73. The van der Waals surface area contributed by atoms with Gasteiger partial charge in [-0.1, -0.05) is 23.7 Å². The lowest BCUT2D eigenvalue weighted by Crippen LogP contribution is -2.46. The Kier molecular flexibility index (Phi) is 4.24. The smallest absolute Gasteiger partial charge is 0.251 e. The minimum absolute atomic E-state index is 0.0952. The van der Waals surface area contributed by atoms with Crippen molar-refractivity contribution in [1.29, 1.82) is 0 Å². The first kappa shape index (κ1) is 13.9. The van der Waals surface area contributed by atoms with Crippen molar-refractivity contribution in [2.24, 2.45) is 0 Å². The molecule has 0 radical (unpaired) electrons. The highest BCUT2D eigenvalue weighted by atomic mass is 35.5. The van der Waals surface area contributed by atoms with Crippen LogP contribution in [-0.4, -0.2) is 43.2 Å². The predicted octanol–water partition coefficient (Wildman–Crippen LogP) is 2.42. The first-order valence-corrected chi connectivity index (χ1v) is 7.39. The van der Waals surface area contributed by atoms with Gasteiger partial charge in [0.25, 0.3) is 5.91 Å². The van der Waals surface area contributed by atoms with Crippen LogP contribution < -0.4 is 0 Å². The van der Waals surface area contributed by atoms with E-state index in [0.29, 0.717) is 31.3 Å². The molecule has 2 aliphatic rings. The highest BCUT2D eigenvalue weighted by molar-refractivity contribution is 6.30. The van der Waals surface area contributed by atoms with Crippen molar-refractivity contribution in [1.82, 2.24) is 4.90 Å². The van der Waals surface area contributed by atoms with E-state index in [-0.39, 0.29) is 18.1 Å². The van der Waals surface area contributed by atoms with E-state index < -0.39 is 0 Å². The van der Waals surface area contributed by atoms with Crippen molar-refractivity contribution in [2.75, 3.05) is 26.3 Å². The van der Waals surface area contributed by atoms with Crippen LogP contribution in [0.15, 0.2) is 24.3 Å². The first-order valence-electron chi connectivity index (χ1n) is 7.01. The van der Waals surface area contributed by atoms with Gasteiger partial charge in [0.2, 0.25) is 0 Å². The molecule has 2 atom stereocenters. The standard InChI is InChI=1S/C15H18ClNO3/c16-12-4-1-3-11(9-12)14-10-17(6-8-20-14)15(18)13-5-2-7-19-13/h1,3-4,9,13-14H,2,5-8,10H2. The second-order valence-corrected chi connectivity index (χ2v) is 5.64. The van der Waals surface area contributed by atoms with Gasteiger partial charge in [-0.2, -0.15) is 0 Å². The van der Waals surface area contributed by atoms with Crippen molar-refractivity contribution < 1.29 is 14.3 Å². The Balaban J connectivity index is 1.68. The van der Waals surface area contributed by atoms with E-state index in [4.69, 9.17) is 21.1 Å². The van der Waals surface area contributed by atoms with Gasteiger partial charge < -0.3 is 14.4 Å². The highest BCUT2D eigenvalue weighted by Gasteiger charge is 2.32. The number of ether oxygens (including phenoxy) is 2. The fourth-order valence-corrected chi connectivity index (χ4v) is 2.93. The molecule has 0 bridgehead atoms. The number of halogens is 1. The summed E-state index contributed by atoms with van der Waals surface area (Å²) < 4.78 is 11.2. The van der Waals surface area contributed by atoms with E-state index >= 15 is 0 Å². The van der Waals surface area contributed by atoms with Crippen molar-refractivity contribution >= 4 is 17.5 Å². The summed E-state index contributed by atoms with van der Waals surface area (Å²) >= 11 is 6.01. The number of nitrogens with zero attached hydrogens (tertiary/aromatic N) is 1. The molecule has 2 unspecified atom stereocenters. The Morgan fingerprint density at radius 1 is 1.30 bits per heavy atom. The minimum atomic E-state index is -0.256. The van der Waals surface area contributed by atoms with Gasteiger partial charge in [0.15, 0.2) is 0 Å². The average Bonchev–Trinajstić information content (AvgIpc) is 3.01. The van der Waals surface area contributed by atoms with Crippen LogP contribution in [0.25, 0.3) is 0 Å². The molecular weight excluding hydrogens is 278 g/mol. The van der Waals surface area contributed by atoms with Crippen molar-refractivity contribution in [2.45, 2.75) is 25.0 Å². The van der Waals surface area contributed by atoms with Gasteiger partial charge in [-0.3, -0.25) is 4.79 Å². The van der Waals surface area contributed by atoms with Gasteiger partial charge in [0, 0.05) is 18.2 Å². The normalized spacial score (nSPS) is 26.8. The SMILES string of the molecule is O=C(C1CCCO1)N1CCOC(c2cccc(Cl)c2)C1. The molecule has 5 heteroatoms. The summed E-state index contributed by atoms with van der Waals surface area (Å²) in [5.74, 6) is 0.0952. The molecule has 2 aliphatic heterocycles. The van der Waals surface area contributed by atoms with Crippen molar-refractivity contribution in [3.63, 3.8) is 0 Å². The van der Waals surface area contributed by atoms with Crippen LogP contribution in [0.4, 0.5) is 0 Å². The number of benzene rings is 1. The molecule has 0 saturated carbocycles. The second kappa shape index (κ2) is 6.12. The molecule has 20 heavy (non-hydrogen) atoms. The van der Waals surface area contributed by atoms with Crippen LogP contribution in [0, 0.1) is 0 Å². The molecule has 1 aromatic carbocycles. The van der Waals surface area contributed by atoms with Gasteiger partial charge in [-0.15, -0.1) is 0 Å². The Hall–Kier alpha value is -1.10. The second-order valence-electron chi connectivity index (χ2n) is 5.20. The number of hydrogen-bond acceptors (Lipinski definition) is 3. The van der Waals surface area contributed by atoms with Crippen LogP contribution in [0.5, 0.6) is 0 Å². The summed E-state index contributed by atoms with van der Waals surface area (Å²) in [6.45, 7) is 2.45. The number of amides is 1. The van der Waals surface area contributed by atoms with Crippen LogP contribution >= 0.6 is 11.6 Å². The topological polar surface area (TPSA) is 38.8 Å². The summed E-state index contributed by atoms with van der Waals surface area (Å²) in [4.78, 5) is 14.2. The van der Waals surface area contributed by atoms with E-state index in [9.17, 15) is 4.79 Å². The molecule has 0 aliphatic carbocycles. The lowest BCUT2D eigenvalue weighted by atomic mass is 10.1. The number of morpholine rings is 1. The molecule has 2 heterocycles. The number of carbonyl (C=O) groups excluding carboxylic acids is 1. The van der Waals surface area contributed by atoms with E-state index in [2.05, 4.69) is 0 Å². The third kappa shape index (κ3) is 2.97. The Morgan fingerprint density at radius 3 is 2.95 bits per heavy atom. The molecular formula is C15H18ClNO3. The maximum absolute atomic E-state index is 12.4. The van der Waals surface area contributed by atoms with Gasteiger partial charge >= 0.3 is 0 Å². The van der Waals surface area contributed by atoms with Crippen LogP contribution in [0.3, 0.4) is 0 Å². The van der Waals surface area contributed by atoms with Crippen LogP contribution in [-0.2, 0) is 14.3 Å². The average molecular weight is 296 g/mol. The number of hydrogen-bond donors (Lipinski definition) is 0. The molecule has 108 valence electrons. The fraction of sp³-hybridized carbons (Fsp3) is 0.533. The third-order valence-electron chi connectivity index (χ3n) is 3.80. The zero-order valence-corrected chi connectivity index (χ0v) is 12.0. The monoisotopic (exact) mass is 295 g/mol. The maximum atomic E-state index is 12.4. The lowest BCUT2D eigenvalue weighted by molar-refractivity contribution is -0.148. The summed E-state index contributed by atoms with van der Waals surface area (Å²) in [6, 6.07) is 7.62. The Morgan fingerprint density at radius 2 is 2.20 bits per heavy atom. The Bertz CT molecular complexity index is 488. The van der Waals surface area contributed by atoms with E-state index in [1.807, 2.05) is 29.2 Å². The molecule has 0 aromatic heterocycles. The van der Waals surface area contributed by atoms with Gasteiger partial charge in [0.1, 0.15) is 12.2 Å². The summed E-state index contributed by atoms with van der Waals surface area (Å²) in [6.07, 6.45) is 1.44. The maximum Gasteiger partial charge on any atom is 0.251 e. The third-order valence-corrected chi connectivity index (χ3v) is 4.04. The lowest BCUT2D eigenvalue weighted by Gasteiger charge is -2.34. The molecule has 3 rings (SSSR count). The summed E-state index contributed by atoms with van der Waals surface area (Å²) in [5, 5.41) is 0.689. The van der Waals surface area contributed by atoms with Gasteiger partial charge in [-0.05, 0) is 30.5 Å². The summed E-state index contributed by atoms with van der Waals surface area (Å²) in [7, 11) is 0. The van der Waals surface area contributed by atoms with Gasteiger partial charge in [0.05, 0.1) is 13.2 Å². The largest absolute Gasteiger partial charge is 0.370 e. The molecule has 4 nitrogen and oxygen atoms in total. The summed E-state index contributed by atoms with van der Waals surface area (Å²) in [5.41, 5.74) is 1.02. The highest BCUT2D eigenvalue weighted by Crippen LogP contribution is 2.26. The van der Waals surface area contributed by atoms with Crippen molar-refractivity contribution in [3.05, 3.63) is 34.9 Å². The molecule has 0 spiro atoms. The molecule has 2 saturated heterocycles. The van der Waals surface area contributed by atoms with Gasteiger partial charge in [-0.25, -0.2) is 0 Å². The molecule has 1 amide bonds. The Labute approximate surface area is 123 Å². The van der Waals surface area contributed by atoms with E-state index in [0.717, 1.165) is 18.4 Å².